The smallest absolute Gasteiger partial charge is 0.222 e. The number of rotatable bonds is 4. The van der Waals surface area contributed by atoms with E-state index in [-0.39, 0.29) is 11.9 Å². The minimum absolute atomic E-state index is 0.0485. The molecule has 4 heteroatoms. The highest BCUT2D eigenvalue weighted by atomic mass is 35.5. The molecule has 0 radical (unpaired) electrons. The van der Waals surface area contributed by atoms with Gasteiger partial charge in [0.05, 0.1) is 6.04 Å². The average Bonchev–Trinajstić information content (AvgIpc) is 2.82. The molecule has 0 spiro atoms. The van der Waals surface area contributed by atoms with Crippen LogP contribution in [0, 0.1) is 0 Å². The fraction of sp³-hybridized carbons (Fsp3) is 0.500. The first-order valence-corrected chi connectivity index (χ1v) is 6.82. The Bertz CT molecular complexity index is 416. The Morgan fingerprint density at radius 2 is 2.33 bits per heavy atom. The minimum Gasteiger partial charge on any atom is -0.349 e. The second kappa shape index (κ2) is 6.21. The van der Waals surface area contributed by atoms with Gasteiger partial charge in [-0.3, -0.25) is 4.79 Å². The summed E-state index contributed by atoms with van der Waals surface area (Å²) in [5, 5.41) is 7.02. The molecule has 3 nitrogen and oxygen atoms in total. The van der Waals surface area contributed by atoms with E-state index in [4.69, 9.17) is 11.6 Å². The molecule has 0 bridgehead atoms. The predicted molar refractivity (Wildman–Crippen MR) is 73.7 cm³/mol. The lowest BCUT2D eigenvalue weighted by Crippen LogP contribution is -2.33. The minimum atomic E-state index is -0.0485. The Morgan fingerprint density at radius 3 is 3.00 bits per heavy atom. The fourth-order valence-electron chi connectivity index (χ4n) is 2.36. The van der Waals surface area contributed by atoms with Crippen molar-refractivity contribution in [2.24, 2.45) is 0 Å². The quantitative estimate of drug-likeness (QED) is 0.880. The van der Waals surface area contributed by atoms with Gasteiger partial charge in [-0.05, 0) is 37.9 Å². The molecule has 1 aliphatic rings. The van der Waals surface area contributed by atoms with Crippen LogP contribution in [0.1, 0.15) is 37.8 Å². The van der Waals surface area contributed by atoms with Gasteiger partial charge in [-0.15, -0.1) is 0 Å². The van der Waals surface area contributed by atoms with Crippen LogP contribution in [0.5, 0.6) is 0 Å². The zero-order valence-corrected chi connectivity index (χ0v) is 11.3. The van der Waals surface area contributed by atoms with Crippen LogP contribution in [-0.2, 0) is 4.79 Å². The summed E-state index contributed by atoms with van der Waals surface area (Å²) in [6.45, 7) is 2.99. The number of hydrogen-bond acceptors (Lipinski definition) is 2. The van der Waals surface area contributed by atoms with Crippen LogP contribution in [0.3, 0.4) is 0 Å². The summed E-state index contributed by atoms with van der Waals surface area (Å²) >= 11 is 6.11. The first kappa shape index (κ1) is 13.4. The number of nitrogens with one attached hydrogen (secondary N) is 2. The van der Waals surface area contributed by atoms with Gasteiger partial charge in [0, 0.05) is 17.5 Å². The van der Waals surface area contributed by atoms with Crippen molar-refractivity contribution in [1.29, 1.82) is 0 Å². The maximum atomic E-state index is 11.9. The van der Waals surface area contributed by atoms with Crippen LogP contribution in [0.4, 0.5) is 0 Å². The summed E-state index contributed by atoms with van der Waals surface area (Å²) in [6, 6.07) is 7.90. The molecule has 1 saturated heterocycles. The van der Waals surface area contributed by atoms with E-state index in [1.807, 2.05) is 31.2 Å². The molecular formula is C14H19ClN2O. The zero-order valence-electron chi connectivity index (χ0n) is 10.6. The molecule has 1 aromatic rings. The molecule has 1 fully saturated rings. The lowest BCUT2D eigenvalue weighted by atomic mass is 10.1. The number of benzene rings is 1. The molecule has 2 rings (SSSR count). The van der Waals surface area contributed by atoms with E-state index >= 15 is 0 Å². The summed E-state index contributed by atoms with van der Waals surface area (Å²) in [7, 11) is 0. The van der Waals surface area contributed by atoms with Crippen molar-refractivity contribution in [1.82, 2.24) is 10.6 Å². The molecule has 0 aromatic heterocycles. The third-order valence-electron chi connectivity index (χ3n) is 3.34. The van der Waals surface area contributed by atoms with Gasteiger partial charge in [0.25, 0.3) is 0 Å². The molecule has 0 aliphatic carbocycles. The third-order valence-corrected chi connectivity index (χ3v) is 3.69. The Morgan fingerprint density at radius 1 is 1.56 bits per heavy atom. The maximum absolute atomic E-state index is 11.9. The van der Waals surface area contributed by atoms with Crippen molar-refractivity contribution in [3.8, 4) is 0 Å². The molecule has 2 atom stereocenters. The molecule has 1 unspecified atom stereocenters. The van der Waals surface area contributed by atoms with Crippen LogP contribution in [0.15, 0.2) is 24.3 Å². The molecule has 1 amide bonds. The van der Waals surface area contributed by atoms with Gasteiger partial charge in [0.15, 0.2) is 0 Å². The van der Waals surface area contributed by atoms with Crippen molar-refractivity contribution < 1.29 is 4.79 Å². The highest BCUT2D eigenvalue weighted by molar-refractivity contribution is 6.31. The Kier molecular flexibility index (Phi) is 4.61. The number of amides is 1. The first-order chi connectivity index (χ1) is 8.66. The van der Waals surface area contributed by atoms with Crippen LogP contribution < -0.4 is 10.6 Å². The van der Waals surface area contributed by atoms with Crippen molar-refractivity contribution in [2.45, 2.75) is 38.3 Å². The molecule has 0 saturated carbocycles. The number of halogens is 1. The van der Waals surface area contributed by atoms with E-state index in [0.717, 1.165) is 24.9 Å². The highest BCUT2D eigenvalue weighted by Gasteiger charge is 2.19. The van der Waals surface area contributed by atoms with E-state index in [9.17, 15) is 4.79 Å². The van der Waals surface area contributed by atoms with E-state index in [1.165, 1.54) is 0 Å². The largest absolute Gasteiger partial charge is 0.349 e. The number of hydrogen-bond donors (Lipinski definition) is 2. The number of carbonyl (C=O) groups is 1. The predicted octanol–water partition coefficient (Wildman–Crippen LogP) is 2.66. The summed E-state index contributed by atoms with van der Waals surface area (Å²) in [4.78, 5) is 11.9. The Labute approximate surface area is 113 Å². The van der Waals surface area contributed by atoms with Gasteiger partial charge in [-0.2, -0.15) is 0 Å². The van der Waals surface area contributed by atoms with Gasteiger partial charge in [0.1, 0.15) is 0 Å². The monoisotopic (exact) mass is 266 g/mol. The molecule has 1 heterocycles. The second-order valence-corrected chi connectivity index (χ2v) is 5.22. The van der Waals surface area contributed by atoms with Crippen molar-refractivity contribution in [3.05, 3.63) is 34.9 Å². The Hall–Kier alpha value is -1.06. The normalized spacial score (nSPS) is 20.7. The Balaban J connectivity index is 1.88. The van der Waals surface area contributed by atoms with Crippen molar-refractivity contribution >= 4 is 17.5 Å². The second-order valence-electron chi connectivity index (χ2n) is 4.81. The van der Waals surface area contributed by atoms with Crippen LogP contribution in [0.2, 0.25) is 5.02 Å². The van der Waals surface area contributed by atoms with E-state index in [0.29, 0.717) is 17.5 Å². The van der Waals surface area contributed by atoms with Gasteiger partial charge in [-0.25, -0.2) is 0 Å². The lowest BCUT2D eigenvalue weighted by molar-refractivity contribution is -0.122. The average molecular weight is 267 g/mol. The van der Waals surface area contributed by atoms with E-state index in [1.54, 1.807) is 0 Å². The summed E-state index contributed by atoms with van der Waals surface area (Å²) in [6.07, 6.45) is 2.81. The third kappa shape index (κ3) is 3.47. The van der Waals surface area contributed by atoms with Gasteiger partial charge < -0.3 is 10.6 Å². The highest BCUT2D eigenvalue weighted by Crippen LogP contribution is 2.22. The number of carbonyl (C=O) groups excluding carboxylic acids is 1. The standard InChI is InChI=1S/C14H19ClN2O/c1-10(12-6-2-3-7-13(12)15)17-14(18)9-11-5-4-8-16-11/h2-3,6-7,10-11,16H,4-5,8-9H2,1H3,(H,17,18)/t10-,11?/m1/s1. The molecule has 1 aliphatic heterocycles. The molecule has 1 aromatic carbocycles. The van der Waals surface area contributed by atoms with Crippen LogP contribution in [-0.4, -0.2) is 18.5 Å². The fourth-order valence-corrected chi connectivity index (χ4v) is 2.66. The summed E-state index contributed by atoms with van der Waals surface area (Å²) in [5.41, 5.74) is 0.965. The van der Waals surface area contributed by atoms with Crippen LogP contribution in [0.25, 0.3) is 0 Å². The van der Waals surface area contributed by atoms with Gasteiger partial charge in [0.2, 0.25) is 5.91 Å². The van der Waals surface area contributed by atoms with Crippen molar-refractivity contribution in [3.63, 3.8) is 0 Å². The molecule has 98 valence electrons. The first-order valence-electron chi connectivity index (χ1n) is 6.44. The zero-order chi connectivity index (χ0) is 13.0. The molecule has 18 heavy (non-hydrogen) atoms. The van der Waals surface area contributed by atoms with E-state index < -0.39 is 0 Å². The van der Waals surface area contributed by atoms with Gasteiger partial charge >= 0.3 is 0 Å². The van der Waals surface area contributed by atoms with Crippen LogP contribution >= 0.6 is 11.6 Å². The maximum Gasteiger partial charge on any atom is 0.222 e. The molecular weight excluding hydrogens is 248 g/mol. The topological polar surface area (TPSA) is 41.1 Å². The van der Waals surface area contributed by atoms with Crippen molar-refractivity contribution in [2.75, 3.05) is 6.54 Å². The SMILES string of the molecule is C[C@@H](NC(=O)CC1CCCN1)c1ccccc1Cl. The lowest BCUT2D eigenvalue weighted by Gasteiger charge is -2.17. The molecule has 2 N–H and O–H groups in total. The summed E-state index contributed by atoms with van der Waals surface area (Å²) < 4.78 is 0. The van der Waals surface area contributed by atoms with E-state index in [2.05, 4.69) is 10.6 Å². The van der Waals surface area contributed by atoms with Gasteiger partial charge in [-0.1, -0.05) is 29.8 Å². The summed E-state index contributed by atoms with van der Waals surface area (Å²) in [5.74, 6) is 0.0850.